The molecule has 0 saturated carbocycles. The molecule has 0 aliphatic rings. The Hall–Kier alpha value is -1.02. The van der Waals surface area contributed by atoms with Crippen LogP contribution in [0.1, 0.15) is 43.8 Å². The van der Waals surface area contributed by atoms with Gasteiger partial charge in [0.25, 0.3) is 0 Å². The van der Waals surface area contributed by atoms with Gasteiger partial charge in [-0.1, -0.05) is 19.1 Å². The Bertz CT molecular complexity index is 286. The van der Waals surface area contributed by atoms with E-state index in [2.05, 4.69) is 19.1 Å². The molecular formula is C12H18O2. The van der Waals surface area contributed by atoms with Gasteiger partial charge in [0.05, 0.1) is 0 Å². The highest BCUT2D eigenvalue weighted by Crippen LogP contribution is 2.20. The fourth-order valence-electron chi connectivity index (χ4n) is 1.31. The van der Waals surface area contributed by atoms with E-state index in [1.165, 1.54) is 0 Å². The first kappa shape index (κ1) is 11.1. The van der Waals surface area contributed by atoms with Crippen molar-refractivity contribution < 1.29 is 9.52 Å². The molecule has 1 rings (SSSR count). The molecule has 1 heterocycles. The Labute approximate surface area is 85.2 Å². The summed E-state index contributed by atoms with van der Waals surface area (Å²) in [7, 11) is 0. The topological polar surface area (TPSA) is 33.4 Å². The molecule has 1 aromatic heterocycles. The van der Waals surface area contributed by atoms with Crippen LogP contribution in [-0.2, 0) is 0 Å². The van der Waals surface area contributed by atoms with Crippen LogP contribution in [0.4, 0.5) is 0 Å². The molecule has 1 N–H and O–H groups in total. The van der Waals surface area contributed by atoms with E-state index < -0.39 is 6.10 Å². The smallest absolute Gasteiger partial charge is 0.132 e. The Kier molecular flexibility index (Phi) is 4.47. The van der Waals surface area contributed by atoms with Gasteiger partial charge in [0.1, 0.15) is 17.6 Å². The van der Waals surface area contributed by atoms with E-state index in [1.54, 1.807) is 0 Å². The number of hydrogen-bond acceptors (Lipinski definition) is 2. The molecule has 0 amide bonds. The summed E-state index contributed by atoms with van der Waals surface area (Å²) in [5, 5.41) is 9.71. The van der Waals surface area contributed by atoms with Crippen LogP contribution in [0, 0.1) is 6.92 Å². The molecule has 0 radical (unpaired) electrons. The van der Waals surface area contributed by atoms with Crippen molar-refractivity contribution in [2.75, 3.05) is 0 Å². The zero-order valence-electron chi connectivity index (χ0n) is 8.86. The van der Waals surface area contributed by atoms with Crippen molar-refractivity contribution in [1.29, 1.82) is 0 Å². The molecule has 0 bridgehead atoms. The lowest BCUT2D eigenvalue weighted by molar-refractivity contribution is 0.140. The van der Waals surface area contributed by atoms with Crippen molar-refractivity contribution in [3.8, 4) is 0 Å². The summed E-state index contributed by atoms with van der Waals surface area (Å²) in [6, 6.07) is 3.71. The maximum absolute atomic E-state index is 9.71. The van der Waals surface area contributed by atoms with Crippen LogP contribution >= 0.6 is 0 Å². The SMILES string of the molecule is CC/C=C\CCC(O)c1ccc(C)o1. The van der Waals surface area contributed by atoms with Crippen LogP contribution in [0.25, 0.3) is 0 Å². The molecule has 2 heteroatoms. The first-order chi connectivity index (χ1) is 6.74. The van der Waals surface area contributed by atoms with Gasteiger partial charge >= 0.3 is 0 Å². The van der Waals surface area contributed by atoms with E-state index in [9.17, 15) is 5.11 Å². The number of allylic oxidation sites excluding steroid dienone is 2. The maximum Gasteiger partial charge on any atom is 0.132 e. The standard InChI is InChI=1S/C12H18O2/c1-3-4-5-6-7-11(13)12-9-8-10(2)14-12/h4-5,8-9,11,13H,3,6-7H2,1-2H3/b5-4-. The predicted octanol–water partition coefficient (Wildman–Crippen LogP) is 3.37. The molecule has 0 aliphatic heterocycles. The van der Waals surface area contributed by atoms with Gasteiger partial charge in [0, 0.05) is 0 Å². The molecule has 0 spiro atoms. The Morgan fingerprint density at radius 1 is 1.43 bits per heavy atom. The van der Waals surface area contributed by atoms with Crippen LogP contribution in [0.3, 0.4) is 0 Å². The van der Waals surface area contributed by atoms with Gasteiger partial charge in [0.15, 0.2) is 0 Å². The fourth-order valence-corrected chi connectivity index (χ4v) is 1.31. The van der Waals surface area contributed by atoms with E-state index in [0.717, 1.165) is 25.0 Å². The van der Waals surface area contributed by atoms with Gasteiger partial charge in [-0.05, 0) is 38.3 Å². The van der Waals surface area contributed by atoms with E-state index in [0.29, 0.717) is 5.76 Å². The van der Waals surface area contributed by atoms with Crippen molar-refractivity contribution in [2.24, 2.45) is 0 Å². The third kappa shape index (κ3) is 3.38. The summed E-state index contributed by atoms with van der Waals surface area (Å²) < 4.78 is 5.33. The number of aliphatic hydroxyl groups excluding tert-OH is 1. The Morgan fingerprint density at radius 3 is 2.79 bits per heavy atom. The molecule has 0 saturated heterocycles. The first-order valence-corrected chi connectivity index (χ1v) is 5.13. The molecule has 0 aromatic carbocycles. The molecule has 0 fully saturated rings. The summed E-state index contributed by atoms with van der Waals surface area (Å²) in [5.41, 5.74) is 0. The minimum absolute atomic E-state index is 0.467. The van der Waals surface area contributed by atoms with Crippen LogP contribution < -0.4 is 0 Å². The average Bonchev–Trinajstić information content (AvgIpc) is 2.59. The molecule has 78 valence electrons. The van der Waals surface area contributed by atoms with Crippen LogP contribution in [0.15, 0.2) is 28.7 Å². The zero-order valence-corrected chi connectivity index (χ0v) is 8.86. The molecule has 14 heavy (non-hydrogen) atoms. The first-order valence-electron chi connectivity index (χ1n) is 5.13. The monoisotopic (exact) mass is 194 g/mol. The fraction of sp³-hybridized carbons (Fsp3) is 0.500. The van der Waals surface area contributed by atoms with E-state index in [1.807, 2.05) is 19.1 Å². The van der Waals surface area contributed by atoms with Gasteiger partial charge < -0.3 is 9.52 Å². The summed E-state index contributed by atoms with van der Waals surface area (Å²) in [4.78, 5) is 0. The maximum atomic E-state index is 9.71. The van der Waals surface area contributed by atoms with E-state index in [-0.39, 0.29) is 0 Å². The van der Waals surface area contributed by atoms with E-state index >= 15 is 0 Å². The lowest BCUT2D eigenvalue weighted by Gasteiger charge is -2.04. The summed E-state index contributed by atoms with van der Waals surface area (Å²) >= 11 is 0. The third-order valence-electron chi connectivity index (χ3n) is 2.10. The van der Waals surface area contributed by atoms with Crippen LogP contribution in [0.2, 0.25) is 0 Å². The number of hydrogen-bond donors (Lipinski definition) is 1. The zero-order chi connectivity index (χ0) is 10.4. The minimum Gasteiger partial charge on any atom is -0.464 e. The third-order valence-corrected chi connectivity index (χ3v) is 2.10. The molecular weight excluding hydrogens is 176 g/mol. The number of rotatable bonds is 5. The number of aryl methyl sites for hydroxylation is 1. The number of aliphatic hydroxyl groups is 1. The summed E-state index contributed by atoms with van der Waals surface area (Å²) in [6.45, 7) is 3.98. The minimum atomic E-state index is -0.467. The van der Waals surface area contributed by atoms with Crippen molar-refractivity contribution in [3.05, 3.63) is 35.8 Å². The second-order valence-corrected chi connectivity index (χ2v) is 3.42. The number of furan rings is 1. The molecule has 1 aromatic rings. The Balaban J connectivity index is 2.35. The Morgan fingerprint density at radius 2 is 2.21 bits per heavy atom. The highest BCUT2D eigenvalue weighted by Gasteiger charge is 2.09. The van der Waals surface area contributed by atoms with Crippen molar-refractivity contribution >= 4 is 0 Å². The lowest BCUT2D eigenvalue weighted by atomic mass is 10.1. The normalized spacial score (nSPS) is 13.6. The quantitative estimate of drug-likeness (QED) is 0.729. The summed E-state index contributed by atoms with van der Waals surface area (Å²) in [5.74, 6) is 1.52. The highest BCUT2D eigenvalue weighted by molar-refractivity contribution is 5.08. The van der Waals surface area contributed by atoms with Crippen LogP contribution in [-0.4, -0.2) is 5.11 Å². The van der Waals surface area contributed by atoms with Gasteiger partial charge in [-0.2, -0.15) is 0 Å². The second-order valence-electron chi connectivity index (χ2n) is 3.42. The van der Waals surface area contributed by atoms with Crippen LogP contribution in [0.5, 0.6) is 0 Å². The van der Waals surface area contributed by atoms with Crippen molar-refractivity contribution in [2.45, 2.75) is 39.2 Å². The van der Waals surface area contributed by atoms with Gasteiger partial charge in [0.2, 0.25) is 0 Å². The predicted molar refractivity (Wildman–Crippen MR) is 57.1 cm³/mol. The van der Waals surface area contributed by atoms with Crippen molar-refractivity contribution in [1.82, 2.24) is 0 Å². The van der Waals surface area contributed by atoms with Gasteiger partial charge in [-0.25, -0.2) is 0 Å². The lowest BCUT2D eigenvalue weighted by Crippen LogP contribution is -1.94. The molecule has 0 aliphatic carbocycles. The molecule has 1 unspecified atom stereocenters. The second kappa shape index (κ2) is 5.66. The summed E-state index contributed by atoms with van der Waals surface area (Å²) in [6.07, 6.45) is 6.41. The van der Waals surface area contributed by atoms with Gasteiger partial charge in [-0.3, -0.25) is 0 Å². The van der Waals surface area contributed by atoms with Crippen molar-refractivity contribution in [3.63, 3.8) is 0 Å². The molecule has 1 atom stereocenters. The van der Waals surface area contributed by atoms with E-state index in [4.69, 9.17) is 4.42 Å². The average molecular weight is 194 g/mol. The highest BCUT2D eigenvalue weighted by atomic mass is 16.4. The molecule has 2 nitrogen and oxygen atoms in total. The largest absolute Gasteiger partial charge is 0.464 e. The van der Waals surface area contributed by atoms with Gasteiger partial charge in [-0.15, -0.1) is 0 Å².